The molecule has 46 heavy (non-hydrogen) atoms. The number of thioether (sulfide) groups is 1. The SMILES string of the molecule is CP(=O)(O)CCC(N)C(=O)O.CSc1nnc(C(C)(C)C)c(=O)n1N.Nc1c([N+](=O)[O-])cnn1-c1c(Cl)cc(C(F)(F)F)cc1Cl. The number of carboxylic acids is 1. The molecule has 23 heteroatoms. The third-order valence-electron chi connectivity index (χ3n) is 5.47. The van der Waals surface area contributed by atoms with Crippen molar-refractivity contribution < 1.29 is 37.5 Å². The molecule has 0 bridgehead atoms. The number of halogens is 5. The van der Waals surface area contributed by atoms with Crippen LogP contribution < -0.4 is 22.9 Å². The van der Waals surface area contributed by atoms with Gasteiger partial charge in [0.05, 0.1) is 20.5 Å². The van der Waals surface area contributed by atoms with Crippen LogP contribution in [0.3, 0.4) is 0 Å². The van der Waals surface area contributed by atoms with Gasteiger partial charge in [-0.3, -0.25) is 24.3 Å². The number of hydrogen-bond acceptors (Lipinski definition) is 12. The van der Waals surface area contributed by atoms with E-state index < -0.39 is 47.5 Å². The van der Waals surface area contributed by atoms with Crippen LogP contribution >= 0.6 is 42.3 Å². The Kier molecular flexibility index (Phi) is 14.1. The highest BCUT2D eigenvalue weighted by Gasteiger charge is 2.33. The van der Waals surface area contributed by atoms with E-state index in [1.54, 1.807) is 6.26 Å². The van der Waals surface area contributed by atoms with Crippen LogP contribution in [0.25, 0.3) is 5.69 Å². The van der Waals surface area contributed by atoms with Crippen LogP contribution in [0.5, 0.6) is 0 Å². The van der Waals surface area contributed by atoms with Gasteiger partial charge in [-0.15, -0.1) is 10.2 Å². The molecule has 3 rings (SSSR count). The van der Waals surface area contributed by atoms with Crippen molar-refractivity contribution in [3.63, 3.8) is 0 Å². The molecule has 2 heterocycles. The van der Waals surface area contributed by atoms with E-state index in [2.05, 4.69) is 15.3 Å². The van der Waals surface area contributed by atoms with E-state index >= 15 is 0 Å². The van der Waals surface area contributed by atoms with Crippen LogP contribution in [0.1, 0.15) is 38.4 Å². The van der Waals surface area contributed by atoms with Gasteiger partial charge in [0.1, 0.15) is 23.6 Å². The number of anilines is 1. The number of aromatic nitrogens is 5. The second-order valence-corrected chi connectivity index (χ2v) is 14.5. The van der Waals surface area contributed by atoms with Crippen molar-refractivity contribution in [3.8, 4) is 5.69 Å². The lowest BCUT2D eigenvalue weighted by Gasteiger charge is -2.16. The normalized spacial score (nSPS) is 13.4. The average Bonchev–Trinajstić information content (AvgIpc) is 3.28. The van der Waals surface area contributed by atoms with Crippen LogP contribution in [0.15, 0.2) is 28.3 Å². The smallest absolute Gasteiger partial charge is 0.416 e. The Morgan fingerprint density at radius 3 is 2.11 bits per heavy atom. The molecule has 0 aliphatic heterocycles. The molecule has 1 aromatic carbocycles. The zero-order chi connectivity index (χ0) is 35.9. The molecule has 2 unspecified atom stereocenters. The maximum Gasteiger partial charge on any atom is 0.416 e. The van der Waals surface area contributed by atoms with E-state index in [9.17, 15) is 37.4 Å². The van der Waals surface area contributed by atoms with Gasteiger partial charge in [-0.25, -0.2) is 4.68 Å². The zero-order valence-electron chi connectivity index (χ0n) is 24.8. The first kappa shape index (κ1) is 40.6. The molecule has 2 aromatic heterocycles. The molecule has 0 aliphatic carbocycles. The van der Waals surface area contributed by atoms with Crippen LogP contribution in [-0.4, -0.2) is 70.7 Å². The molecule has 8 N–H and O–H groups in total. The quantitative estimate of drug-likeness (QED) is 0.0761. The predicted octanol–water partition coefficient (Wildman–Crippen LogP) is 3.75. The summed E-state index contributed by atoms with van der Waals surface area (Å²) >= 11 is 12.8. The molecule has 256 valence electrons. The summed E-state index contributed by atoms with van der Waals surface area (Å²) in [4.78, 5) is 40.5. The average molecular weight is 736 g/mol. The molecular weight excluding hydrogens is 705 g/mol. The molecule has 16 nitrogen and oxygen atoms in total. The molecule has 3 aromatic rings. The summed E-state index contributed by atoms with van der Waals surface area (Å²) in [6.45, 7) is 6.88. The van der Waals surface area contributed by atoms with E-state index in [1.807, 2.05) is 20.8 Å². The first-order chi connectivity index (χ1) is 20.8. The van der Waals surface area contributed by atoms with E-state index in [0.29, 0.717) is 23.0 Å². The fourth-order valence-corrected chi connectivity index (χ4v) is 4.90. The van der Waals surface area contributed by atoms with Crippen molar-refractivity contribution in [3.05, 3.63) is 60.1 Å². The Hall–Kier alpha value is -3.42. The van der Waals surface area contributed by atoms with Crippen molar-refractivity contribution in [2.45, 2.75) is 50.0 Å². The Morgan fingerprint density at radius 2 is 1.74 bits per heavy atom. The fraction of sp³-hybridized carbons (Fsp3) is 0.435. The Balaban J connectivity index is 0.000000369. The number of benzene rings is 1. The molecule has 0 spiro atoms. The third kappa shape index (κ3) is 11.4. The van der Waals surface area contributed by atoms with E-state index in [-0.39, 0.29) is 39.3 Å². The van der Waals surface area contributed by atoms with Crippen LogP contribution in [0, 0.1) is 10.1 Å². The molecule has 0 fully saturated rings. The maximum absolute atomic E-state index is 12.6. The van der Waals surface area contributed by atoms with Gasteiger partial charge in [0.15, 0.2) is 7.37 Å². The molecule has 0 saturated carbocycles. The standard InChI is InChI=1S/C10H5Cl2F3N4O2.C8H14N4OS.C5H12NO4P/c11-5-1-4(10(13,14)15)2-6(12)8(5)18-9(16)7(3-17-18)19(20)21;1-8(2,3)5-6(13)12(9)7(14-4)11-10-5;1-11(9,10)3-2-4(6)5(7)8/h1-3H,16H2;9H2,1-4H3;4H,2-3,6H2,1H3,(H,7,8)(H,9,10). The van der Waals surface area contributed by atoms with Gasteiger partial charge in [-0.1, -0.05) is 55.7 Å². The highest BCUT2D eigenvalue weighted by atomic mass is 35.5. The highest BCUT2D eigenvalue weighted by molar-refractivity contribution is 7.98. The Morgan fingerprint density at radius 1 is 1.22 bits per heavy atom. The van der Waals surface area contributed by atoms with Crippen molar-refractivity contribution >= 4 is 59.8 Å². The second-order valence-electron chi connectivity index (χ2n) is 10.3. The number of nitrogen functional groups attached to an aromatic ring is 2. The first-order valence-corrected chi connectivity index (χ1v) is 16.7. The summed E-state index contributed by atoms with van der Waals surface area (Å²) in [5.41, 5.74) is 8.65. The predicted molar refractivity (Wildman–Crippen MR) is 167 cm³/mol. The van der Waals surface area contributed by atoms with Gasteiger partial charge < -0.3 is 27.3 Å². The third-order valence-corrected chi connectivity index (χ3v) is 7.77. The number of nitro groups is 1. The fourth-order valence-electron chi connectivity index (χ4n) is 3.10. The monoisotopic (exact) mass is 735 g/mol. The summed E-state index contributed by atoms with van der Waals surface area (Å²) < 4.78 is 50.3. The summed E-state index contributed by atoms with van der Waals surface area (Å²) in [5, 5.41) is 30.0. The van der Waals surface area contributed by atoms with E-state index in [0.717, 1.165) is 15.6 Å². The second kappa shape index (κ2) is 15.9. The van der Waals surface area contributed by atoms with Crippen molar-refractivity contribution in [1.82, 2.24) is 24.7 Å². The van der Waals surface area contributed by atoms with Gasteiger partial charge in [0.25, 0.3) is 5.56 Å². The van der Waals surface area contributed by atoms with Crippen LogP contribution in [0.2, 0.25) is 10.0 Å². The zero-order valence-corrected chi connectivity index (χ0v) is 28.0. The minimum atomic E-state index is -4.63. The lowest BCUT2D eigenvalue weighted by Crippen LogP contribution is -2.37. The highest BCUT2D eigenvalue weighted by Crippen LogP contribution is 2.39. The lowest BCUT2D eigenvalue weighted by atomic mass is 9.93. The van der Waals surface area contributed by atoms with Gasteiger partial charge in [0.2, 0.25) is 11.0 Å². The number of nitrogens with zero attached hydrogens (tertiary/aromatic N) is 6. The minimum Gasteiger partial charge on any atom is -0.480 e. The topological polar surface area (TPSA) is 261 Å². The number of hydrogen-bond donors (Lipinski definition) is 5. The number of alkyl halides is 3. The maximum atomic E-state index is 12.6. The number of carboxylic acid groups (broad SMARTS) is 1. The molecule has 0 aliphatic rings. The van der Waals surface area contributed by atoms with Gasteiger partial charge in [-0.05, 0) is 24.8 Å². The molecule has 2 atom stereocenters. The largest absolute Gasteiger partial charge is 0.480 e. The number of nitrogens with two attached hydrogens (primary N) is 3. The number of aliphatic carboxylic acids is 1. The van der Waals surface area contributed by atoms with E-state index in [1.165, 1.54) is 18.4 Å². The van der Waals surface area contributed by atoms with Gasteiger partial charge >= 0.3 is 17.8 Å². The minimum absolute atomic E-state index is 0.0412. The number of carbonyl (C=O) groups is 1. The first-order valence-electron chi connectivity index (χ1n) is 12.4. The Bertz CT molecular complexity index is 1650. The molecule has 0 radical (unpaired) electrons. The summed E-state index contributed by atoms with van der Waals surface area (Å²) in [6, 6.07) is 0.237. The molecule has 0 amide bonds. The lowest BCUT2D eigenvalue weighted by molar-refractivity contribution is -0.383. The summed E-state index contributed by atoms with van der Waals surface area (Å²) in [5.74, 6) is 4.03. The van der Waals surface area contributed by atoms with Crippen molar-refractivity contribution in [2.24, 2.45) is 5.73 Å². The van der Waals surface area contributed by atoms with Crippen LogP contribution in [-0.2, 0) is 21.0 Å². The summed E-state index contributed by atoms with van der Waals surface area (Å²) in [7, 11) is -3.10. The van der Waals surface area contributed by atoms with E-state index in [4.69, 9.17) is 50.5 Å². The van der Waals surface area contributed by atoms with Crippen molar-refractivity contribution in [2.75, 3.05) is 30.7 Å². The van der Waals surface area contributed by atoms with Crippen molar-refractivity contribution in [1.29, 1.82) is 0 Å². The summed E-state index contributed by atoms with van der Waals surface area (Å²) in [6.07, 6.45) is -1.99. The molecular formula is C23H31Cl2F3N9O7PS. The van der Waals surface area contributed by atoms with Gasteiger partial charge in [0, 0.05) is 18.2 Å². The molecule has 0 saturated heterocycles. The Labute approximate surface area is 273 Å². The van der Waals surface area contributed by atoms with Gasteiger partial charge in [-0.2, -0.15) is 22.9 Å². The van der Waals surface area contributed by atoms with Crippen LogP contribution in [0.4, 0.5) is 24.7 Å². The number of rotatable bonds is 7.